The summed E-state index contributed by atoms with van der Waals surface area (Å²) in [7, 11) is 3.38. The molecule has 1 saturated heterocycles. The highest BCUT2D eigenvalue weighted by molar-refractivity contribution is 5.52. The summed E-state index contributed by atoms with van der Waals surface area (Å²) in [6.07, 6.45) is 4.75. The first-order valence-corrected chi connectivity index (χ1v) is 9.22. The summed E-state index contributed by atoms with van der Waals surface area (Å²) in [5.74, 6) is 1.58. The van der Waals surface area contributed by atoms with E-state index in [1.165, 1.54) is 16.8 Å². The molecule has 1 aromatic heterocycles. The van der Waals surface area contributed by atoms with E-state index in [-0.39, 0.29) is 5.60 Å². The fourth-order valence-electron chi connectivity index (χ4n) is 4.25. The van der Waals surface area contributed by atoms with Gasteiger partial charge >= 0.3 is 0 Å². The van der Waals surface area contributed by atoms with Gasteiger partial charge in [0.1, 0.15) is 0 Å². The van der Waals surface area contributed by atoms with Crippen molar-refractivity contribution >= 4 is 5.69 Å². The number of nitrogens with zero attached hydrogens (tertiary/aromatic N) is 2. The maximum absolute atomic E-state index is 6.38. The van der Waals surface area contributed by atoms with Crippen LogP contribution in [-0.2, 0) is 16.8 Å². The van der Waals surface area contributed by atoms with Crippen molar-refractivity contribution in [3.05, 3.63) is 47.3 Å². The summed E-state index contributed by atoms with van der Waals surface area (Å²) in [5.41, 5.74) is 4.68. The van der Waals surface area contributed by atoms with Crippen molar-refractivity contribution in [3.63, 3.8) is 0 Å². The Hall–Kier alpha value is -2.27. The van der Waals surface area contributed by atoms with E-state index in [9.17, 15) is 0 Å². The van der Waals surface area contributed by atoms with E-state index in [1.54, 1.807) is 14.2 Å². The zero-order valence-electron chi connectivity index (χ0n) is 15.7. The third-order valence-electron chi connectivity index (χ3n) is 5.67. The van der Waals surface area contributed by atoms with Gasteiger partial charge < -0.3 is 19.1 Å². The number of hydrogen-bond acceptors (Lipinski definition) is 5. The third-order valence-corrected chi connectivity index (χ3v) is 5.67. The zero-order chi connectivity index (χ0) is 18.1. The molecule has 4 rings (SSSR count). The highest BCUT2D eigenvalue weighted by atomic mass is 16.5. The SMILES string of the molecule is COc1cc2c(cc1OC)C1(CCN(c3ccnc(C)c3)CC1)OCC2. The molecule has 3 heterocycles. The quantitative estimate of drug-likeness (QED) is 0.844. The van der Waals surface area contributed by atoms with E-state index in [0.717, 1.165) is 56.2 Å². The van der Waals surface area contributed by atoms with Crippen LogP contribution in [0.1, 0.15) is 29.7 Å². The second kappa shape index (κ2) is 6.80. The van der Waals surface area contributed by atoms with E-state index < -0.39 is 0 Å². The fourth-order valence-corrected chi connectivity index (χ4v) is 4.25. The molecule has 0 aliphatic carbocycles. The normalized spacial score (nSPS) is 18.5. The first-order chi connectivity index (χ1) is 12.6. The highest BCUT2D eigenvalue weighted by Crippen LogP contribution is 2.45. The van der Waals surface area contributed by atoms with Gasteiger partial charge in [0.05, 0.1) is 26.4 Å². The van der Waals surface area contributed by atoms with Crippen LogP contribution in [0.25, 0.3) is 0 Å². The summed E-state index contributed by atoms with van der Waals surface area (Å²) in [6, 6.07) is 8.49. The molecule has 0 atom stereocenters. The van der Waals surface area contributed by atoms with E-state index in [4.69, 9.17) is 14.2 Å². The molecule has 1 aromatic carbocycles. The van der Waals surface area contributed by atoms with E-state index in [2.05, 4.69) is 34.1 Å². The predicted molar refractivity (Wildman–Crippen MR) is 101 cm³/mol. The molecular weight excluding hydrogens is 328 g/mol. The van der Waals surface area contributed by atoms with Gasteiger partial charge in [-0.3, -0.25) is 4.98 Å². The Bertz CT molecular complexity index is 798. The summed E-state index contributed by atoms with van der Waals surface area (Å²) >= 11 is 0. The molecule has 138 valence electrons. The number of anilines is 1. The molecule has 5 nitrogen and oxygen atoms in total. The monoisotopic (exact) mass is 354 g/mol. The van der Waals surface area contributed by atoms with Crippen LogP contribution in [0, 0.1) is 6.92 Å². The largest absolute Gasteiger partial charge is 0.493 e. The second-order valence-corrected chi connectivity index (χ2v) is 7.10. The summed E-state index contributed by atoms with van der Waals surface area (Å²) < 4.78 is 17.4. The molecular formula is C21H26N2O3. The zero-order valence-corrected chi connectivity index (χ0v) is 15.7. The first-order valence-electron chi connectivity index (χ1n) is 9.22. The number of hydrogen-bond donors (Lipinski definition) is 0. The van der Waals surface area contributed by atoms with Gasteiger partial charge in [-0.1, -0.05) is 0 Å². The number of benzene rings is 1. The molecule has 0 N–H and O–H groups in total. The Balaban J connectivity index is 1.62. The number of rotatable bonds is 3. The van der Waals surface area contributed by atoms with Crippen molar-refractivity contribution in [1.82, 2.24) is 4.98 Å². The Morgan fingerprint density at radius 3 is 2.50 bits per heavy atom. The number of aryl methyl sites for hydroxylation is 1. The average Bonchev–Trinajstić information content (AvgIpc) is 2.68. The number of methoxy groups -OCH3 is 2. The molecule has 5 heteroatoms. The standard InChI is InChI=1S/C21H26N2O3/c1-15-12-17(4-8-22-15)23-9-6-21(7-10-23)18-14-20(25-3)19(24-2)13-16(18)5-11-26-21/h4,8,12-14H,5-7,9-11H2,1-3H3. The third kappa shape index (κ3) is 2.90. The lowest BCUT2D eigenvalue weighted by atomic mass is 9.79. The molecule has 2 aliphatic rings. The molecule has 0 saturated carbocycles. The van der Waals surface area contributed by atoms with Crippen molar-refractivity contribution in [3.8, 4) is 11.5 Å². The van der Waals surface area contributed by atoms with Crippen LogP contribution in [0.2, 0.25) is 0 Å². The van der Waals surface area contributed by atoms with Crippen LogP contribution in [0.5, 0.6) is 11.5 Å². The van der Waals surface area contributed by atoms with Gasteiger partial charge in [-0.05, 0) is 61.6 Å². The van der Waals surface area contributed by atoms with Crippen molar-refractivity contribution in [1.29, 1.82) is 0 Å². The molecule has 0 amide bonds. The maximum Gasteiger partial charge on any atom is 0.161 e. The molecule has 1 fully saturated rings. The highest BCUT2D eigenvalue weighted by Gasteiger charge is 2.41. The number of ether oxygens (including phenoxy) is 3. The lowest BCUT2D eigenvalue weighted by molar-refractivity contribution is -0.0768. The van der Waals surface area contributed by atoms with Crippen molar-refractivity contribution in [2.24, 2.45) is 0 Å². The van der Waals surface area contributed by atoms with Gasteiger partial charge in [-0.15, -0.1) is 0 Å². The van der Waals surface area contributed by atoms with Crippen LogP contribution in [0.15, 0.2) is 30.5 Å². The topological polar surface area (TPSA) is 43.8 Å². The van der Waals surface area contributed by atoms with E-state index >= 15 is 0 Å². The summed E-state index contributed by atoms with van der Waals surface area (Å²) in [6.45, 7) is 4.74. The lowest BCUT2D eigenvalue weighted by Gasteiger charge is -2.45. The minimum absolute atomic E-state index is 0.217. The number of fused-ring (bicyclic) bond motifs is 2. The van der Waals surface area contributed by atoms with Crippen molar-refractivity contribution < 1.29 is 14.2 Å². The Labute approximate surface area is 154 Å². The molecule has 2 aromatic rings. The maximum atomic E-state index is 6.38. The average molecular weight is 354 g/mol. The number of aromatic nitrogens is 1. The predicted octanol–water partition coefficient (Wildman–Crippen LogP) is 3.48. The molecule has 2 aliphatic heterocycles. The number of pyridine rings is 1. The van der Waals surface area contributed by atoms with E-state index in [0.29, 0.717) is 0 Å². The van der Waals surface area contributed by atoms with Crippen LogP contribution in [0.4, 0.5) is 5.69 Å². The van der Waals surface area contributed by atoms with Gasteiger partial charge in [0.2, 0.25) is 0 Å². The van der Waals surface area contributed by atoms with Crippen LogP contribution < -0.4 is 14.4 Å². The number of piperidine rings is 1. The fraction of sp³-hybridized carbons (Fsp3) is 0.476. The van der Waals surface area contributed by atoms with Gasteiger partial charge in [-0.2, -0.15) is 0 Å². The Kier molecular flexibility index (Phi) is 4.49. The van der Waals surface area contributed by atoms with Crippen LogP contribution in [-0.4, -0.2) is 38.9 Å². The minimum Gasteiger partial charge on any atom is -0.493 e. The van der Waals surface area contributed by atoms with Crippen LogP contribution >= 0.6 is 0 Å². The van der Waals surface area contributed by atoms with Crippen molar-refractivity contribution in [2.45, 2.75) is 31.8 Å². The Morgan fingerprint density at radius 2 is 1.81 bits per heavy atom. The summed E-state index contributed by atoms with van der Waals surface area (Å²) in [5, 5.41) is 0. The Morgan fingerprint density at radius 1 is 1.08 bits per heavy atom. The van der Waals surface area contributed by atoms with Gasteiger partial charge in [-0.25, -0.2) is 0 Å². The molecule has 26 heavy (non-hydrogen) atoms. The van der Waals surface area contributed by atoms with Crippen LogP contribution in [0.3, 0.4) is 0 Å². The second-order valence-electron chi connectivity index (χ2n) is 7.10. The lowest BCUT2D eigenvalue weighted by Crippen LogP contribution is -2.46. The first kappa shape index (κ1) is 17.2. The minimum atomic E-state index is -0.217. The molecule has 1 spiro atoms. The smallest absolute Gasteiger partial charge is 0.161 e. The van der Waals surface area contributed by atoms with Gasteiger partial charge in [0, 0.05) is 30.7 Å². The summed E-state index contributed by atoms with van der Waals surface area (Å²) in [4.78, 5) is 6.73. The van der Waals surface area contributed by atoms with Gasteiger partial charge in [0.15, 0.2) is 11.5 Å². The van der Waals surface area contributed by atoms with E-state index in [1.807, 2.05) is 13.1 Å². The molecule has 0 radical (unpaired) electrons. The van der Waals surface area contributed by atoms with Crippen molar-refractivity contribution in [2.75, 3.05) is 38.8 Å². The molecule has 0 unspecified atom stereocenters. The van der Waals surface area contributed by atoms with Gasteiger partial charge in [0.25, 0.3) is 0 Å². The molecule has 0 bridgehead atoms.